The van der Waals surface area contributed by atoms with E-state index >= 15 is 0 Å². The Balaban J connectivity index is 2.29. The van der Waals surface area contributed by atoms with Crippen LogP contribution in [0, 0.1) is 0 Å². The molecule has 1 aromatic heterocycles. The normalized spacial score (nSPS) is 12.0. The second-order valence-corrected chi connectivity index (χ2v) is 4.77. The molecule has 1 rings (SSSR count). The molecule has 5 nitrogen and oxygen atoms in total. The maximum atomic E-state index is 11.8. The van der Waals surface area contributed by atoms with Crippen molar-refractivity contribution >= 4 is 23.5 Å². The minimum absolute atomic E-state index is 0.0554. The fourth-order valence-corrected chi connectivity index (χ4v) is 2.28. The van der Waals surface area contributed by atoms with Crippen LogP contribution in [-0.2, 0) is 6.54 Å². The molecule has 1 aromatic rings. The third-order valence-electron chi connectivity index (χ3n) is 1.39. The van der Waals surface area contributed by atoms with Crippen LogP contribution in [0.4, 0.5) is 13.2 Å². The lowest BCUT2D eigenvalue weighted by molar-refractivity contribution is -0.0326. The number of nitrogens with zero attached hydrogens (tertiary/aromatic N) is 4. The van der Waals surface area contributed by atoms with Gasteiger partial charge in [0.2, 0.25) is 5.16 Å². The lowest BCUT2D eigenvalue weighted by Gasteiger charge is -2.04. The zero-order valence-corrected chi connectivity index (χ0v) is 9.65. The Morgan fingerprint density at radius 3 is 2.69 bits per heavy atom. The fourth-order valence-electron chi connectivity index (χ4n) is 0.825. The van der Waals surface area contributed by atoms with Crippen molar-refractivity contribution in [2.24, 2.45) is 0 Å². The molecule has 1 heterocycles. The van der Waals surface area contributed by atoms with Crippen molar-refractivity contribution in [3.05, 3.63) is 0 Å². The Hall–Kier alpha value is -0.480. The zero-order valence-electron chi connectivity index (χ0n) is 8.01. The number of aromatic nitrogens is 4. The van der Waals surface area contributed by atoms with Gasteiger partial charge in [-0.15, -0.1) is 5.10 Å². The molecule has 92 valence electrons. The largest absolute Gasteiger partial charge is 0.441 e. The lowest BCUT2D eigenvalue weighted by Crippen LogP contribution is -2.07. The SMILES string of the molecule is OCCn1nnnc1SCCSC(F)(F)F. The van der Waals surface area contributed by atoms with Gasteiger partial charge in [0.1, 0.15) is 0 Å². The summed E-state index contributed by atoms with van der Waals surface area (Å²) in [6.45, 7) is 0.123. The molecule has 0 radical (unpaired) electrons. The molecule has 0 unspecified atom stereocenters. The Bertz CT molecular complexity index is 319. The molecule has 0 aromatic carbocycles. The molecular formula is C6H9F3N4OS2. The number of aliphatic hydroxyl groups is 1. The van der Waals surface area contributed by atoms with Gasteiger partial charge in [-0.2, -0.15) is 13.2 Å². The maximum absolute atomic E-state index is 11.8. The van der Waals surface area contributed by atoms with Gasteiger partial charge in [0.25, 0.3) is 0 Å². The quantitative estimate of drug-likeness (QED) is 0.617. The number of thioether (sulfide) groups is 2. The number of halogens is 3. The summed E-state index contributed by atoms with van der Waals surface area (Å²) in [6, 6.07) is 0. The highest BCUT2D eigenvalue weighted by Crippen LogP contribution is 2.31. The summed E-state index contributed by atoms with van der Waals surface area (Å²) in [6.07, 6.45) is 0. The van der Waals surface area contributed by atoms with E-state index in [1.165, 1.54) is 4.68 Å². The maximum Gasteiger partial charge on any atom is 0.441 e. The fraction of sp³-hybridized carbons (Fsp3) is 0.833. The van der Waals surface area contributed by atoms with Gasteiger partial charge < -0.3 is 5.11 Å². The predicted molar refractivity (Wildman–Crippen MR) is 54.1 cm³/mol. The Morgan fingerprint density at radius 2 is 2.06 bits per heavy atom. The first kappa shape index (κ1) is 13.6. The van der Waals surface area contributed by atoms with E-state index < -0.39 is 5.51 Å². The first-order valence-electron chi connectivity index (χ1n) is 4.23. The van der Waals surface area contributed by atoms with Gasteiger partial charge in [0.15, 0.2) is 0 Å². The summed E-state index contributed by atoms with van der Waals surface area (Å²) in [4.78, 5) is 0. The standard InChI is InChI=1S/C6H9F3N4OS2/c7-6(8,9)16-4-3-15-5-10-11-12-13(5)1-2-14/h14H,1-4H2. The molecule has 0 atom stereocenters. The number of tetrazole rings is 1. The molecule has 0 bridgehead atoms. The van der Waals surface area contributed by atoms with Crippen LogP contribution in [0.1, 0.15) is 0 Å². The van der Waals surface area contributed by atoms with Crippen molar-refractivity contribution in [3.63, 3.8) is 0 Å². The van der Waals surface area contributed by atoms with Gasteiger partial charge in [-0.05, 0) is 10.4 Å². The molecule has 1 N–H and O–H groups in total. The average molecular weight is 274 g/mol. The summed E-state index contributed by atoms with van der Waals surface area (Å²) >= 11 is 1.06. The van der Waals surface area contributed by atoms with Gasteiger partial charge in [-0.1, -0.05) is 23.5 Å². The van der Waals surface area contributed by atoms with Crippen LogP contribution in [0.15, 0.2) is 5.16 Å². The van der Waals surface area contributed by atoms with E-state index in [1.807, 2.05) is 0 Å². The van der Waals surface area contributed by atoms with E-state index in [0.717, 1.165) is 11.8 Å². The minimum atomic E-state index is -4.20. The van der Waals surface area contributed by atoms with Crippen LogP contribution < -0.4 is 0 Å². The van der Waals surface area contributed by atoms with Gasteiger partial charge in [-0.3, -0.25) is 0 Å². The van der Waals surface area contributed by atoms with E-state index in [2.05, 4.69) is 15.5 Å². The van der Waals surface area contributed by atoms with Crippen LogP contribution >= 0.6 is 23.5 Å². The van der Waals surface area contributed by atoms with Crippen LogP contribution in [0.5, 0.6) is 0 Å². The smallest absolute Gasteiger partial charge is 0.394 e. The van der Waals surface area contributed by atoms with Crippen LogP contribution in [0.25, 0.3) is 0 Å². The van der Waals surface area contributed by atoms with Gasteiger partial charge in [0, 0.05) is 11.5 Å². The average Bonchev–Trinajstić information content (AvgIpc) is 2.60. The zero-order chi connectivity index (χ0) is 12.0. The van der Waals surface area contributed by atoms with Crippen molar-refractivity contribution in [3.8, 4) is 0 Å². The summed E-state index contributed by atoms with van der Waals surface area (Å²) in [7, 11) is 0. The summed E-state index contributed by atoms with van der Waals surface area (Å²) in [5.74, 6) is 0.204. The number of rotatable bonds is 6. The highest BCUT2D eigenvalue weighted by Gasteiger charge is 2.27. The number of hydrogen-bond donors (Lipinski definition) is 1. The number of aliphatic hydroxyl groups excluding tert-OH is 1. The van der Waals surface area contributed by atoms with E-state index in [1.54, 1.807) is 0 Å². The van der Waals surface area contributed by atoms with Crippen molar-refractivity contribution in [2.75, 3.05) is 18.1 Å². The molecule has 0 spiro atoms. The highest BCUT2D eigenvalue weighted by molar-refractivity contribution is 8.03. The van der Waals surface area contributed by atoms with E-state index in [9.17, 15) is 13.2 Å². The molecular weight excluding hydrogens is 265 g/mol. The summed E-state index contributed by atoms with van der Waals surface area (Å²) < 4.78 is 36.7. The second kappa shape index (κ2) is 6.30. The Morgan fingerprint density at radius 1 is 1.31 bits per heavy atom. The van der Waals surface area contributed by atoms with Crippen molar-refractivity contribution in [2.45, 2.75) is 17.2 Å². The van der Waals surface area contributed by atoms with Crippen molar-refractivity contribution in [1.29, 1.82) is 0 Å². The summed E-state index contributed by atoms with van der Waals surface area (Å²) in [5, 5.41) is 19.7. The third-order valence-corrected chi connectivity index (χ3v) is 3.34. The topological polar surface area (TPSA) is 63.8 Å². The molecule has 0 aliphatic rings. The molecule has 0 aliphatic carbocycles. The van der Waals surface area contributed by atoms with Gasteiger partial charge in [-0.25, -0.2) is 4.68 Å². The van der Waals surface area contributed by atoms with E-state index in [-0.39, 0.29) is 36.4 Å². The molecule has 0 saturated carbocycles. The number of alkyl halides is 3. The van der Waals surface area contributed by atoms with Crippen molar-refractivity contribution in [1.82, 2.24) is 20.2 Å². The van der Waals surface area contributed by atoms with Gasteiger partial charge >= 0.3 is 5.51 Å². The lowest BCUT2D eigenvalue weighted by atomic mass is 10.7. The van der Waals surface area contributed by atoms with Crippen molar-refractivity contribution < 1.29 is 18.3 Å². The monoisotopic (exact) mass is 274 g/mol. The minimum Gasteiger partial charge on any atom is -0.394 e. The van der Waals surface area contributed by atoms with Crippen LogP contribution in [0.2, 0.25) is 0 Å². The second-order valence-electron chi connectivity index (χ2n) is 2.55. The Labute approximate surface area is 97.8 Å². The van der Waals surface area contributed by atoms with E-state index in [0.29, 0.717) is 5.16 Å². The van der Waals surface area contributed by atoms with Crippen LogP contribution in [0.3, 0.4) is 0 Å². The molecule has 10 heteroatoms. The first-order valence-corrected chi connectivity index (χ1v) is 6.20. The molecule has 0 amide bonds. The molecule has 0 fully saturated rings. The Kier molecular flexibility index (Phi) is 5.35. The van der Waals surface area contributed by atoms with Gasteiger partial charge in [0.05, 0.1) is 13.2 Å². The highest BCUT2D eigenvalue weighted by atomic mass is 32.2. The molecule has 0 saturated heterocycles. The third kappa shape index (κ3) is 5.03. The van der Waals surface area contributed by atoms with Crippen LogP contribution in [-0.4, -0.2) is 48.9 Å². The summed E-state index contributed by atoms with van der Waals surface area (Å²) in [5.41, 5.74) is -4.20. The molecule has 0 aliphatic heterocycles. The first-order chi connectivity index (χ1) is 7.53. The number of hydrogen-bond acceptors (Lipinski definition) is 6. The van der Waals surface area contributed by atoms with E-state index in [4.69, 9.17) is 5.11 Å². The molecule has 16 heavy (non-hydrogen) atoms. The predicted octanol–water partition coefficient (Wildman–Crippen LogP) is 1.01.